The average molecular weight is 295 g/mol. The first-order valence-electron chi connectivity index (χ1n) is 7.61. The van der Waals surface area contributed by atoms with Crippen LogP contribution in [0.15, 0.2) is 23.3 Å². The molecule has 0 bridgehead atoms. The molecule has 0 saturated carbocycles. The first-order valence-corrected chi connectivity index (χ1v) is 10.5. The van der Waals surface area contributed by atoms with Crippen LogP contribution in [0.4, 0.5) is 0 Å². The number of hydrogen-bond acceptors (Lipinski definition) is 2. The molecule has 0 saturated heterocycles. The van der Waals surface area contributed by atoms with Crippen molar-refractivity contribution in [3.05, 3.63) is 23.3 Å². The molecule has 0 heterocycles. The second-order valence-electron chi connectivity index (χ2n) is 7.41. The van der Waals surface area contributed by atoms with Crippen LogP contribution in [0.3, 0.4) is 0 Å². The highest BCUT2D eigenvalue weighted by atomic mass is 28.4. The largest absolute Gasteiger partial charge is 0.410 e. The quantitative estimate of drug-likeness (QED) is 0.537. The molecule has 114 valence electrons. The predicted octanol–water partition coefficient (Wildman–Crippen LogP) is 5.02. The van der Waals surface area contributed by atoms with E-state index in [1.54, 1.807) is 13.0 Å². The van der Waals surface area contributed by atoms with Gasteiger partial charge in [-0.3, -0.25) is 4.79 Å². The van der Waals surface area contributed by atoms with Crippen molar-refractivity contribution in [2.45, 2.75) is 78.1 Å². The molecule has 0 N–H and O–H groups in total. The maximum atomic E-state index is 11.1. The summed E-state index contributed by atoms with van der Waals surface area (Å²) in [5.74, 6) is 0.109. The van der Waals surface area contributed by atoms with Crippen LogP contribution in [0, 0.1) is 0 Å². The van der Waals surface area contributed by atoms with Crippen molar-refractivity contribution in [2.75, 3.05) is 0 Å². The van der Waals surface area contributed by atoms with Gasteiger partial charge in [-0.25, -0.2) is 0 Å². The minimum Gasteiger partial charge on any atom is -0.410 e. The van der Waals surface area contributed by atoms with Crippen LogP contribution in [-0.4, -0.2) is 20.2 Å². The Balaban J connectivity index is 2.91. The summed E-state index contributed by atoms with van der Waals surface area (Å²) in [5, 5.41) is 0.236. The van der Waals surface area contributed by atoms with Gasteiger partial charge < -0.3 is 4.43 Å². The van der Waals surface area contributed by atoms with Gasteiger partial charge in [-0.15, -0.1) is 0 Å². The maximum absolute atomic E-state index is 11.1. The molecule has 1 unspecified atom stereocenters. The summed E-state index contributed by atoms with van der Waals surface area (Å²) in [6, 6.07) is 0. The van der Waals surface area contributed by atoms with E-state index in [2.05, 4.69) is 40.8 Å². The molecule has 2 nitrogen and oxygen atoms in total. The maximum Gasteiger partial charge on any atom is 0.192 e. The number of hydrogen-bond donors (Lipinski definition) is 0. The second-order valence-corrected chi connectivity index (χ2v) is 12.2. The van der Waals surface area contributed by atoms with E-state index in [4.69, 9.17) is 4.43 Å². The molecule has 0 amide bonds. The van der Waals surface area contributed by atoms with Gasteiger partial charge in [0.2, 0.25) is 0 Å². The molecule has 1 atom stereocenters. The van der Waals surface area contributed by atoms with Gasteiger partial charge in [0, 0.05) is 0 Å². The molecular weight excluding hydrogens is 264 g/mol. The Hall–Kier alpha value is -0.673. The molecule has 0 aromatic heterocycles. The Morgan fingerprint density at radius 3 is 2.45 bits per heavy atom. The summed E-state index contributed by atoms with van der Waals surface area (Å²) >= 11 is 0. The highest BCUT2D eigenvalue weighted by Gasteiger charge is 2.39. The topological polar surface area (TPSA) is 26.3 Å². The smallest absolute Gasteiger partial charge is 0.192 e. The molecule has 0 aliphatic heterocycles. The van der Waals surface area contributed by atoms with Crippen LogP contribution in [0.25, 0.3) is 0 Å². The number of rotatable bonds is 4. The van der Waals surface area contributed by atoms with Gasteiger partial charge in [0.25, 0.3) is 0 Å². The minimum atomic E-state index is -1.73. The minimum absolute atomic E-state index is 0.109. The van der Waals surface area contributed by atoms with Crippen molar-refractivity contribution in [3.63, 3.8) is 0 Å². The van der Waals surface area contributed by atoms with Gasteiger partial charge in [0.1, 0.15) is 0 Å². The molecular formula is C17H30O2Si. The zero-order valence-corrected chi connectivity index (χ0v) is 15.2. The van der Waals surface area contributed by atoms with Gasteiger partial charge in [-0.05, 0) is 68.5 Å². The van der Waals surface area contributed by atoms with Crippen LogP contribution < -0.4 is 0 Å². The third-order valence-electron chi connectivity index (χ3n) is 4.66. The standard InChI is InChI=1S/C17H30O2Si/c1-13(18)11-12-15-9-8-10-16(14(15)2)19-20(6,7)17(3,4)5/h11-12,16H,8-10H2,1-7H3/b12-11+. The van der Waals surface area contributed by atoms with E-state index in [0.717, 1.165) is 19.3 Å². The summed E-state index contributed by atoms with van der Waals surface area (Å²) in [6.07, 6.45) is 7.21. The number of allylic oxidation sites excluding steroid dienone is 3. The fourth-order valence-electron chi connectivity index (χ4n) is 2.21. The second kappa shape index (κ2) is 6.40. The van der Waals surface area contributed by atoms with Crippen molar-refractivity contribution in [1.82, 2.24) is 0 Å². The van der Waals surface area contributed by atoms with Crippen molar-refractivity contribution in [1.29, 1.82) is 0 Å². The van der Waals surface area contributed by atoms with Crippen molar-refractivity contribution in [3.8, 4) is 0 Å². The summed E-state index contributed by atoms with van der Waals surface area (Å²) in [6.45, 7) is 15.2. The Morgan fingerprint density at radius 1 is 1.35 bits per heavy atom. The molecule has 20 heavy (non-hydrogen) atoms. The van der Waals surface area contributed by atoms with E-state index < -0.39 is 8.32 Å². The Bertz CT molecular complexity index is 425. The van der Waals surface area contributed by atoms with Gasteiger partial charge in [-0.1, -0.05) is 26.8 Å². The van der Waals surface area contributed by atoms with E-state index in [0.29, 0.717) is 0 Å². The van der Waals surface area contributed by atoms with Crippen molar-refractivity contribution >= 4 is 14.1 Å². The fraction of sp³-hybridized carbons (Fsp3) is 0.706. The molecule has 1 rings (SSSR count). The Kier molecular flexibility index (Phi) is 5.56. The lowest BCUT2D eigenvalue weighted by Crippen LogP contribution is -2.44. The molecule has 0 spiro atoms. The number of ketones is 1. The van der Waals surface area contributed by atoms with E-state index in [9.17, 15) is 4.79 Å². The molecule has 0 fully saturated rings. The van der Waals surface area contributed by atoms with E-state index in [1.165, 1.54) is 11.1 Å². The summed E-state index contributed by atoms with van der Waals surface area (Å²) < 4.78 is 6.55. The third kappa shape index (κ3) is 4.42. The molecule has 1 aliphatic rings. The van der Waals surface area contributed by atoms with Gasteiger partial charge in [0.15, 0.2) is 14.1 Å². The summed E-state index contributed by atoms with van der Waals surface area (Å²) in [5.41, 5.74) is 2.61. The number of carbonyl (C=O) groups excluding carboxylic acids is 1. The summed E-state index contributed by atoms with van der Waals surface area (Å²) in [7, 11) is -1.73. The first-order chi connectivity index (χ1) is 9.04. The lowest BCUT2D eigenvalue weighted by molar-refractivity contribution is -0.112. The molecule has 0 aromatic carbocycles. The SMILES string of the molecule is CC(=O)/C=C/C1=C(C)C(O[Si](C)(C)C(C)(C)C)CCC1. The van der Waals surface area contributed by atoms with Crippen molar-refractivity contribution < 1.29 is 9.22 Å². The molecule has 0 radical (unpaired) electrons. The van der Waals surface area contributed by atoms with E-state index in [1.807, 2.05) is 6.08 Å². The summed E-state index contributed by atoms with van der Waals surface area (Å²) in [4.78, 5) is 11.1. The zero-order chi connectivity index (χ0) is 15.6. The monoisotopic (exact) mass is 294 g/mol. The highest BCUT2D eigenvalue weighted by molar-refractivity contribution is 6.74. The zero-order valence-electron chi connectivity index (χ0n) is 14.2. The van der Waals surface area contributed by atoms with Crippen LogP contribution in [0.1, 0.15) is 53.9 Å². The van der Waals surface area contributed by atoms with Crippen LogP contribution in [0.2, 0.25) is 18.1 Å². The van der Waals surface area contributed by atoms with E-state index >= 15 is 0 Å². The normalized spacial score (nSPS) is 21.6. The van der Waals surface area contributed by atoms with Gasteiger partial charge in [0.05, 0.1) is 6.10 Å². The van der Waals surface area contributed by atoms with Crippen molar-refractivity contribution in [2.24, 2.45) is 0 Å². The molecule has 1 aliphatic carbocycles. The Morgan fingerprint density at radius 2 is 1.95 bits per heavy atom. The van der Waals surface area contributed by atoms with Crippen LogP contribution >= 0.6 is 0 Å². The van der Waals surface area contributed by atoms with E-state index in [-0.39, 0.29) is 16.9 Å². The van der Waals surface area contributed by atoms with Gasteiger partial charge in [-0.2, -0.15) is 0 Å². The lowest BCUT2D eigenvalue weighted by Gasteiger charge is -2.41. The fourth-order valence-corrected chi connectivity index (χ4v) is 3.57. The molecule has 0 aromatic rings. The highest BCUT2D eigenvalue weighted by Crippen LogP contribution is 2.40. The lowest BCUT2D eigenvalue weighted by atomic mass is 9.90. The first kappa shape index (κ1) is 17.4. The Labute approximate surface area is 125 Å². The number of carbonyl (C=O) groups is 1. The average Bonchev–Trinajstić information content (AvgIpc) is 2.28. The van der Waals surface area contributed by atoms with Crippen LogP contribution in [-0.2, 0) is 9.22 Å². The van der Waals surface area contributed by atoms with Crippen LogP contribution in [0.5, 0.6) is 0 Å². The third-order valence-corrected chi connectivity index (χ3v) is 9.15. The van der Waals surface area contributed by atoms with Gasteiger partial charge >= 0.3 is 0 Å². The molecule has 3 heteroatoms. The predicted molar refractivity (Wildman–Crippen MR) is 88.4 cm³/mol.